The molecular formula is C19H19N3O5S. The maximum absolute atomic E-state index is 13.0. The Morgan fingerprint density at radius 2 is 2.04 bits per heavy atom. The zero-order valence-electron chi connectivity index (χ0n) is 14.8. The molecule has 2 atom stereocenters. The number of nitrogens with one attached hydrogen (secondary N) is 2. The lowest BCUT2D eigenvalue weighted by Crippen LogP contribution is -2.51. The molecule has 0 bridgehead atoms. The van der Waals surface area contributed by atoms with Gasteiger partial charge in [-0.2, -0.15) is 0 Å². The number of hydrogen-bond acceptors (Lipinski definition) is 7. The molecule has 28 heavy (non-hydrogen) atoms. The van der Waals surface area contributed by atoms with Gasteiger partial charge in [0.05, 0.1) is 0 Å². The highest BCUT2D eigenvalue weighted by molar-refractivity contribution is 8.01. The van der Waals surface area contributed by atoms with E-state index in [1.807, 2.05) is 18.2 Å². The SMILES string of the molecule is O=C(O)CNC(=O)C1=C(O)NN2SC3=C(CCC(c4ccccc4)C3)C2C1=O. The van der Waals surface area contributed by atoms with Crippen LogP contribution >= 0.6 is 11.9 Å². The number of carbonyl (C=O) groups excluding carboxylic acids is 2. The number of benzene rings is 1. The van der Waals surface area contributed by atoms with Gasteiger partial charge in [-0.1, -0.05) is 30.3 Å². The number of hydrazine groups is 1. The summed E-state index contributed by atoms with van der Waals surface area (Å²) < 4.78 is 1.57. The van der Waals surface area contributed by atoms with Gasteiger partial charge in [0.15, 0.2) is 5.78 Å². The lowest BCUT2D eigenvalue weighted by atomic mass is 9.81. The summed E-state index contributed by atoms with van der Waals surface area (Å²) >= 11 is 1.38. The number of aliphatic hydroxyl groups excluding tert-OH is 1. The Kier molecular flexibility index (Phi) is 4.86. The molecule has 0 saturated heterocycles. The van der Waals surface area contributed by atoms with Gasteiger partial charge in [-0.3, -0.25) is 19.8 Å². The number of hydrogen-bond donors (Lipinski definition) is 4. The fraction of sp³-hybridized carbons (Fsp3) is 0.316. The van der Waals surface area contributed by atoms with Crippen LogP contribution in [0.15, 0.2) is 52.3 Å². The molecule has 1 aliphatic carbocycles. The van der Waals surface area contributed by atoms with Crippen molar-refractivity contribution in [1.29, 1.82) is 0 Å². The number of Topliss-reactive ketones (excluding diaryl/α,β-unsaturated/α-hetero) is 1. The Balaban J connectivity index is 1.55. The molecule has 2 aliphatic heterocycles. The van der Waals surface area contributed by atoms with Crippen LogP contribution in [0.3, 0.4) is 0 Å². The monoisotopic (exact) mass is 401 g/mol. The zero-order chi connectivity index (χ0) is 19.8. The van der Waals surface area contributed by atoms with Crippen molar-refractivity contribution < 1.29 is 24.6 Å². The summed E-state index contributed by atoms with van der Waals surface area (Å²) in [4.78, 5) is 36.9. The standard InChI is InChI=1S/C19H19N3O5S/c23-14(24)9-20-18(26)15-17(25)16-12-7-6-11(10-4-2-1-3-5-10)8-13(12)28-22(16)21-19(15)27/h1-5,11,16,21,27H,6-9H2,(H,20,26)(H,23,24). The summed E-state index contributed by atoms with van der Waals surface area (Å²) in [6.07, 6.45) is 2.42. The van der Waals surface area contributed by atoms with Crippen LogP contribution in [0.1, 0.15) is 30.7 Å². The van der Waals surface area contributed by atoms with Crippen molar-refractivity contribution in [3.63, 3.8) is 0 Å². The third kappa shape index (κ3) is 3.27. The maximum Gasteiger partial charge on any atom is 0.322 e. The van der Waals surface area contributed by atoms with Crippen molar-refractivity contribution in [2.24, 2.45) is 0 Å². The second-order valence-electron chi connectivity index (χ2n) is 6.89. The van der Waals surface area contributed by atoms with Crippen LogP contribution in [0.5, 0.6) is 0 Å². The van der Waals surface area contributed by atoms with Crippen LogP contribution in [0.25, 0.3) is 0 Å². The highest BCUT2D eigenvalue weighted by Gasteiger charge is 2.47. The molecule has 3 aliphatic rings. The van der Waals surface area contributed by atoms with Gasteiger partial charge in [-0.15, -0.1) is 4.41 Å². The normalized spacial score (nSPS) is 24.5. The Bertz CT molecular complexity index is 911. The number of carboxylic acids is 1. The first-order valence-electron chi connectivity index (χ1n) is 8.94. The van der Waals surface area contributed by atoms with Crippen LogP contribution in [-0.4, -0.2) is 44.9 Å². The molecule has 4 rings (SSSR count). The number of ketones is 1. The van der Waals surface area contributed by atoms with E-state index in [0.717, 1.165) is 29.7 Å². The molecule has 1 aromatic carbocycles. The van der Waals surface area contributed by atoms with Gasteiger partial charge in [0.2, 0.25) is 5.88 Å². The van der Waals surface area contributed by atoms with E-state index in [2.05, 4.69) is 22.9 Å². The molecule has 4 N–H and O–H groups in total. The number of carboxylic acid groups (broad SMARTS) is 1. The van der Waals surface area contributed by atoms with Crippen molar-refractivity contribution in [3.8, 4) is 0 Å². The summed E-state index contributed by atoms with van der Waals surface area (Å²) in [6, 6.07) is 9.54. The molecule has 1 amide bonds. The average molecular weight is 401 g/mol. The van der Waals surface area contributed by atoms with E-state index >= 15 is 0 Å². The smallest absolute Gasteiger partial charge is 0.322 e. The van der Waals surface area contributed by atoms with E-state index in [0.29, 0.717) is 5.92 Å². The quantitative estimate of drug-likeness (QED) is 0.444. The highest BCUT2D eigenvalue weighted by atomic mass is 32.2. The first kappa shape index (κ1) is 18.6. The van der Waals surface area contributed by atoms with Crippen LogP contribution in [0.4, 0.5) is 0 Å². The predicted molar refractivity (Wildman–Crippen MR) is 102 cm³/mol. The van der Waals surface area contributed by atoms with E-state index < -0.39 is 41.7 Å². The number of carbonyl (C=O) groups is 3. The Morgan fingerprint density at radius 3 is 2.75 bits per heavy atom. The Hall–Kier alpha value is -2.78. The number of amides is 1. The molecule has 8 nitrogen and oxygen atoms in total. The largest absolute Gasteiger partial charge is 0.493 e. The second-order valence-corrected chi connectivity index (χ2v) is 7.96. The number of aliphatic carboxylic acids is 1. The Morgan fingerprint density at radius 1 is 1.29 bits per heavy atom. The first-order valence-corrected chi connectivity index (χ1v) is 9.71. The highest BCUT2D eigenvalue weighted by Crippen LogP contribution is 2.50. The number of fused-ring (bicyclic) bond motifs is 2. The van der Waals surface area contributed by atoms with Crippen molar-refractivity contribution in [3.05, 3.63) is 57.8 Å². The minimum Gasteiger partial charge on any atom is -0.493 e. The molecule has 2 unspecified atom stereocenters. The Labute approximate surface area is 165 Å². The summed E-state index contributed by atoms with van der Waals surface area (Å²) in [5.74, 6) is -2.84. The van der Waals surface area contributed by atoms with E-state index in [4.69, 9.17) is 5.11 Å². The van der Waals surface area contributed by atoms with Crippen molar-refractivity contribution in [1.82, 2.24) is 15.2 Å². The van der Waals surface area contributed by atoms with Crippen LogP contribution in [0.2, 0.25) is 0 Å². The minimum atomic E-state index is -1.23. The van der Waals surface area contributed by atoms with E-state index in [9.17, 15) is 19.5 Å². The molecule has 146 valence electrons. The lowest BCUT2D eigenvalue weighted by molar-refractivity contribution is -0.138. The second kappa shape index (κ2) is 7.33. The van der Waals surface area contributed by atoms with Crippen molar-refractivity contribution in [2.75, 3.05) is 6.54 Å². The van der Waals surface area contributed by atoms with E-state index in [1.54, 1.807) is 4.41 Å². The van der Waals surface area contributed by atoms with Gasteiger partial charge in [-0.05, 0) is 48.3 Å². The summed E-state index contributed by atoms with van der Waals surface area (Å²) in [7, 11) is 0. The van der Waals surface area contributed by atoms with Crippen LogP contribution in [-0.2, 0) is 14.4 Å². The molecule has 0 aromatic heterocycles. The summed E-state index contributed by atoms with van der Waals surface area (Å²) in [5.41, 5.74) is 4.49. The zero-order valence-corrected chi connectivity index (χ0v) is 15.7. The van der Waals surface area contributed by atoms with Gasteiger partial charge in [0, 0.05) is 4.91 Å². The number of rotatable bonds is 4. The molecule has 1 aromatic rings. The first-order chi connectivity index (χ1) is 13.5. The van der Waals surface area contributed by atoms with Gasteiger partial charge < -0.3 is 15.5 Å². The van der Waals surface area contributed by atoms with E-state index in [-0.39, 0.29) is 0 Å². The van der Waals surface area contributed by atoms with Crippen LogP contribution < -0.4 is 10.7 Å². The van der Waals surface area contributed by atoms with Crippen molar-refractivity contribution >= 4 is 29.6 Å². The molecule has 0 saturated carbocycles. The summed E-state index contributed by atoms with van der Waals surface area (Å²) in [6.45, 7) is -0.626. The molecule has 0 spiro atoms. The molecule has 0 radical (unpaired) electrons. The molecule has 9 heteroatoms. The number of aliphatic hydroxyl groups is 1. The minimum absolute atomic E-state index is 0.365. The molecule has 2 heterocycles. The maximum atomic E-state index is 13.0. The van der Waals surface area contributed by atoms with Gasteiger partial charge in [-0.25, -0.2) is 0 Å². The molecular weight excluding hydrogens is 382 g/mol. The van der Waals surface area contributed by atoms with Gasteiger partial charge >= 0.3 is 5.97 Å². The molecule has 0 fully saturated rings. The predicted octanol–water partition coefficient (Wildman–Crippen LogP) is 1.60. The van der Waals surface area contributed by atoms with Crippen LogP contribution in [0, 0.1) is 0 Å². The third-order valence-corrected chi connectivity index (χ3v) is 6.32. The fourth-order valence-electron chi connectivity index (χ4n) is 3.86. The summed E-state index contributed by atoms with van der Waals surface area (Å²) in [5, 5.41) is 21.0. The van der Waals surface area contributed by atoms with E-state index in [1.165, 1.54) is 17.5 Å². The average Bonchev–Trinajstić information content (AvgIpc) is 3.04. The van der Waals surface area contributed by atoms with Gasteiger partial charge in [0.1, 0.15) is 18.2 Å². The van der Waals surface area contributed by atoms with Crippen molar-refractivity contribution in [2.45, 2.75) is 31.2 Å². The fourth-order valence-corrected chi connectivity index (χ4v) is 5.17. The third-order valence-electron chi connectivity index (χ3n) is 5.17. The topological polar surface area (TPSA) is 119 Å². The van der Waals surface area contributed by atoms with Gasteiger partial charge in [0.25, 0.3) is 5.91 Å². The number of nitrogens with zero attached hydrogens (tertiary/aromatic N) is 1. The lowest BCUT2D eigenvalue weighted by Gasteiger charge is -2.31. The number of allylic oxidation sites excluding steroid dienone is 1.